The molecule has 0 radical (unpaired) electrons. The molecule has 2 aliphatic rings. The second-order valence-electron chi connectivity index (χ2n) is 7.86. The number of hydrogen-bond acceptors (Lipinski definition) is 3. The Kier molecular flexibility index (Phi) is 6.97. The number of halogens is 1. The number of likely N-dealkylation sites (N-methyl/N-ethyl adjacent to an activating group) is 1. The van der Waals surface area contributed by atoms with E-state index in [0.29, 0.717) is 17.4 Å². The molecule has 0 bridgehead atoms. The molecule has 1 saturated heterocycles. The Morgan fingerprint density at radius 1 is 1.07 bits per heavy atom. The van der Waals surface area contributed by atoms with Gasteiger partial charge in [-0.1, -0.05) is 24.3 Å². The summed E-state index contributed by atoms with van der Waals surface area (Å²) in [5, 5.41) is 0. The molecule has 1 saturated carbocycles. The average Bonchev–Trinajstić information content (AvgIpc) is 3.52. The van der Waals surface area contributed by atoms with Crippen LogP contribution in [-0.2, 0) is 0 Å². The Morgan fingerprint density at radius 2 is 1.82 bits per heavy atom. The largest absolute Gasteiger partial charge is 0.457 e. The Bertz CT molecular complexity index is 779. The lowest BCUT2D eigenvalue weighted by molar-refractivity contribution is 0.0612. The van der Waals surface area contributed by atoms with Crippen LogP contribution in [-0.4, -0.2) is 48.4 Å². The smallest absolute Gasteiger partial charge is 0.254 e. The topological polar surface area (TPSA) is 32.8 Å². The van der Waals surface area contributed by atoms with Crippen molar-refractivity contribution in [2.75, 3.05) is 26.7 Å². The number of carbonyl (C=O) groups is 1. The van der Waals surface area contributed by atoms with E-state index >= 15 is 0 Å². The predicted octanol–water partition coefficient (Wildman–Crippen LogP) is 4.85. The molecule has 5 heteroatoms. The van der Waals surface area contributed by atoms with Crippen LogP contribution in [0.2, 0.25) is 0 Å². The van der Waals surface area contributed by atoms with Gasteiger partial charge in [-0.3, -0.25) is 4.79 Å². The molecule has 0 aromatic heterocycles. The van der Waals surface area contributed by atoms with Gasteiger partial charge in [-0.2, -0.15) is 0 Å². The van der Waals surface area contributed by atoms with E-state index in [4.69, 9.17) is 4.74 Å². The fourth-order valence-corrected chi connectivity index (χ4v) is 3.87. The fraction of sp³-hybridized carbons (Fsp3) is 0.435. The van der Waals surface area contributed by atoms with Crippen LogP contribution < -0.4 is 4.74 Å². The van der Waals surface area contributed by atoms with Crippen molar-refractivity contribution in [2.45, 2.75) is 31.7 Å². The van der Waals surface area contributed by atoms with E-state index in [0.717, 1.165) is 24.6 Å². The number of benzene rings is 2. The highest BCUT2D eigenvalue weighted by Crippen LogP contribution is 2.31. The van der Waals surface area contributed by atoms with Gasteiger partial charge in [0, 0.05) is 31.7 Å². The van der Waals surface area contributed by atoms with Crippen LogP contribution in [0.4, 0.5) is 0 Å². The van der Waals surface area contributed by atoms with Crippen LogP contribution in [0, 0.1) is 5.92 Å². The van der Waals surface area contributed by atoms with E-state index in [1.165, 1.54) is 32.4 Å². The van der Waals surface area contributed by atoms with Crippen LogP contribution >= 0.6 is 12.4 Å². The molecule has 4 rings (SSSR count). The third-order valence-electron chi connectivity index (χ3n) is 5.62. The summed E-state index contributed by atoms with van der Waals surface area (Å²) in [5.41, 5.74) is 0.685. The predicted molar refractivity (Wildman–Crippen MR) is 114 cm³/mol. The molecule has 2 aromatic rings. The standard InChI is InChI=1S/C23H28N2O2.ClH/c1-24(20-8-6-14-25(17-20)16-18-12-13-18)23(26)19-7-5-11-22(15-19)27-21-9-3-2-4-10-21;/h2-5,7,9-11,15,18,20H,6,8,12-14,16-17H2,1H3;1H. The third-order valence-corrected chi connectivity index (χ3v) is 5.62. The van der Waals surface area contributed by atoms with Crippen LogP contribution in [0.5, 0.6) is 11.5 Å². The van der Waals surface area contributed by atoms with E-state index in [1.54, 1.807) is 0 Å². The lowest BCUT2D eigenvalue weighted by atomic mass is 10.0. The number of likely N-dealkylation sites (tertiary alicyclic amines) is 1. The molecule has 0 N–H and O–H groups in total. The van der Waals surface area contributed by atoms with E-state index in [2.05, 4.69) is 4.90 Å². The highest BCUT2D eigenvalue weighted by atomic mass is 35.5. The molecule has 1 unspecified atom stereocenters. The molecular weight excluding hydrogens is 372 g/mol. The Morgan fingerprint density at radius 3 is 2.57 bits per heavy atom. The number of carbonyl (C=O) groups excluding carboxylic acids is 1. The summed E-state index contributed by atoms with van der Waals surface area (Å²) >= 11 is 0. The van der Waals surface area contributed by atoms with Gasteiger partial charge < -0.3 is 14.5 Å². The molecule has 1 heterocycles. The first kappa shape index (κ1) is 20.7. The number of hydrogen-bond donors (Lipinski definition) is 0. The molecule has 1 atom stereocenters. The maximum Gasteiger partial charge on any atom is 0.254 e. The Labute approximate surface area is 173 Å². The summed E-state index contributed by atoms with van der Waals surface area (Å²) in [6.07, 6.45) is 5.02. The van der Waals surface area contributed by atoms with Crippen molar-refractivity contribution in [3.8, 4) is 11.5 Å². The zero-order valence-electron chi connectivity index (χ0n) is 16.4. The van der Waals surface area contributed by atoms with Gasteiger partial charge in [-0.05, 0) is 68.5 Å². The number of ether oxygens (including phenoxy) is 1. The van der Waals surface area contributed by atoms with E-state index in [9.17, 15) is 4.79 Å². The van der Waals surface area contributed by atoms with Gasteiger partial charge in [0.15, 0.2) is 0 Å². The monoisotopic (exact) mass is 400 g/mol. The summed E-state index contributed by atoms with van der Waals surface area (Å²) in [4.78, 5) is 17.5. The number of piperidine rings is 1. The molecule has 1 aliphatic heterocycles. The summed E-state index contributed by atoms with van der Waals surface area (Å²) in [6.45, 7) is 3.38. The average molecular weight is 401 g/mol. The first-order chi connectivity index (χ1) is 13.2. The number of para-hydroxylation sites is 1. The molecule has 2 fully saturated rings. The van der Waals surface area contributed by atoms with Crippen molar-refractivity contribution < 1.29 is 9.53 Å². The van der Waals surface area contributed by atoms with Gasteiger partial charge in [0.2, 0.25) is 0 Å². The third kappa shape index (κ3) is 5.27. The minimum atomic E-state index is 0. The minimum absolute atomic E-state index is 0. The summed E-state index contributed by atoms with van der Waals surface area (Å²) in [5.74, 6) is 2.45. The minimum Gasteiger partial charge on any atom is -0.457 e. The zero-order chi connectivity index (χ0) is 18.6. The molecule has 0 spiro atoms. The summed E-state index contributed by atoms with van der Waals surface area (Å²) in [6, 6.07) is 17.5. The van der Waals surface area contributed by atoms with Crippen molar-refractivity contribution in [2.24, 2.45) is 5.92 Å². The normalized spacial score (nSPS) is 19.5. The van der Waals surface area contributed by atoms with Crippen LogP contribution in [0.3, 0.4) is 0 Å². The lowest BCUT2D eigenvalue weighted by Gasteiger charge is -2.37. The van der Waals surface area contributed by atoms with Crippen molar-refractivity contribution in [1.82, 2.24) is 9.80 Å². The second kappa shape index (κ2) is 9.44. The summed E-state index contributed by atoms with van der Waals surface area (Å²) < 4.78 is 5.88. The van der Waals surface area contributed by atoms with Crippen molar-refractivity contribution >= 4 is 18.3 Å². The lowest BCUT2D eigenvalue weighted by Crippen LogP contribution is -2.49. The van der Waals surface area contributed by atoms with Crippen LogP contribution in [0.15, 0.2) is 54.6 Å². The maximum atomic E-state index is 13.0. The molecule has 2 aromatic carbocycles. The number of amides is 1. The Hall–Kier alpha value is -2.04. The van der Waals surface area contributed by atoms with Crippen LogP contribution in [0.25, 0.3) is 0 Å². The number of nitrogens with zero attached hydrogens (tertiary/aromatic N) is 2. The van der Waals surface area contributed by atoms with Crippen molar-refractivity contribution in [1.29, 1.82) is 0 Å². The van der Waals surface area contributed by atoms with Gasteiger partial charge in [0.1, 0.15) is 11.5 Å². The maximum absolute atomic E-state index is 13.0. The molecule has 150 valence electrons. The van der Waals surface area contributed by atoms with Crippen molar-refractivity contribution in [3.05, 3.63) is 60.2 Å². The first-order valence-corrected chi connectivity index (χ1v) is 10.0. The highest BCUT2D eigenvalue weighted by molar-refractivity contribution is 5.94. The van der Waals surface area contributed by atoms with Gasteiger partial charge in [-0.25, -0.2) is 0 Å². The van der Waals surface area contributed by atoms with Crippen LogP contribution in [0.1, 0.15) is 36.0 Å². The van der Waals surface area contributed by atoms with E-state index in [-0.39, 0.29) is 18.3 Å². The first-order valence-electron chi connectivity index (χ1n) is 10.0. The SMILES string of the molecule is CN(C(=O)c1cccc(Oc2ccccc2)c1)C1CCCN(CC2CC2)C1.Cl. The molecule has 1 aliphatic carbocycles. The highest BCUT2D eigenvalue weighted by Gasteiger charge is 2.30. The molecule has 4 nitrogen and oxygen atoms in total. The van der Waals surface area contributed by atoms with Gasteiger partial charge in [0.05, 0.1) is 0 Å². The zero-order valence-corrected chi connectivity index (χ0v) is 17.2. The molecule has 28 heavy (non-hydrogen) atoms. The fourth-order valence-electron chi connectivity index (χ4n) is 3.87. The molecule has 1 amide bonds. The Balaban J connectivity index is 0.00000225. The van der Waals surface area contributed by atoms with Gasteiger partial charge >= 0.3 is 0 Å². The van der Waals surface area contributed by atoms with E-state index < -0.39 is 0 Å². The van der Waals surface area contributed by atoms with Gasteiger partial charge in [-0.15, -0.1) is 12.4 Å². The summed E-state index contributed by atoms with van der Waals surface area (Å²) in [7, 11) is 1.94. The number of rotatable bonds is 6. The van der Waals surface area contributed by atoms with Gasteiger partial charge in [0.25, 0.3) is 5.91 Å². The van der Waals surface area contributed by atoms with Crippen molar-refractivity contribution in [3.63, 3.8) is 0 Å². The van der Waals surface area contributed by atoms with E-state index in [1.807, 2.05) is 66.5 Å². The quantitative estimate of drug-likeness (QED) is 0.695. The molecular formula is C23H29ClN2O2. The second-order valence-corrected chi connectivity index (χ2v) is 7.86.